The minimum absolute atomic E-state index is 0.00515. The predicted octanol–water partition coefficient (Wildman–Crippen LogP) is 4.40. The second-order valence-corrected chi connectivity index (χ2v) is 9.61. The summed E-state index contributed by atoms with van der Waals surface area (Å²) in [5, 5.41) is 0. The second kappa shape index (κ2) is 8.97. The Balaban J connectivity index is 1.45. The topological polar surface area (TPSA) is 44.8 Å². The maximum absolute atomic E-state index is 14.0. The molecule has 5 nitrogen and oxygen atoms in total. The van der Waals surface area contributed by atoms with Gasteiger partial charge in [-0.3, -0.25) is 0 Å². The monoisotopic (exact) mass is 436 g/mol. The van der Waals surface area contributed by atoms with Gasteiger partial charge in [0.25, 0.3) is 0 Å². The first kappa shape index (κ1) is 21.6. The maximum atomic E-state index is 14.0. The molecule has 3 aliphatic heterocycles. The van der Waals surface area contributed by atoms with Crippen LogP contribution in [0.4, 0.5) is 0 Å². The van der Waals surface area contributed by atoms with E-state index in [-0.39, 0.29) is 18.9 Å². The molecule has 0 amide bonds. The van der Waals surface area contributed by atoms with Crippen molar-refractivity contribution in [1.29, 1.82) is 0 Å². The Kier molecular flexibility index (Phi) is 6.06. The molecular weight excluding hydrogens is 402 g/mol. The van der Waals surface area contributed by atoms with Crippen LogP contribution >= 0.6 is 0 Å². The molecule has 5 heteroatoms. The van der Waals surface area contributed by atoms with Gasteiger partial charge >= 0.3 is 5.97 Å². The second-order valence-electron chi connectivity index (χ2n) is 9.61. The van der Waals surface area contributed by atoms with E-state index in [2.05, 4.69) is 0 Å². The van der Waals surface area contributed by atoms with E-state index in [1.165, 1.54) is 43.3 Å². The number of quaternary nitrogens is 1. The summed E-state index contributed by atoms with van der Waals surface area (Å²) in [6.07, 6.45) is 7.09. The highest BCUT2D eigenvalue weighted by molar-refractivity contribution is 5.86. The van der Waals surface area contributed by atoms with Crippen molar-refractivity contribution in [3.8, 4) is 0 Å². The molecule has 0 N–H and O–H groups in total. The quantitative estimate of drug-likeness (QED) is 0.367. The van der Waals surface area contributed by atoms with Gasteiger partial charge in [-0.1, -0.05) is 60.7 Å². The van der Waals surface area contributed by atoms with E-state index in [0.717, 1.165) is 24.0 Å². The van der Waals surface area contributed by atoms with E-state index in [0.29, 0.717) is 12.1 Å². The van der Waals surface area contributed by atoms with Crippen LogP contribution in [0.15, 0.2) is 60.7 Å². The van der Waals surface area contributed by atoms with Crippen LogP contribution in [0.3, 0.4) is 0 Å². The average molecular weight is 437 g/mol. The number of hydrogen-bond donors (Lipinski definition) is 0. The van der Waals surface area contributed by atoms with Crippen molar-refractivity contribution >= 4 is 5.97 Å². The van der Waals surface area contributed by atoms with Gasteiger partial charge in [-0.05, 0) is 11.1 Å². The lowest BCUT2D eigenvalue weighted by atomic mass is 9.85. The summed E-state index contributed by atoms with van der Waals surface area (Å²) in [6.45, 7) is 2.62. The van der Waals surface area contributed by atoms with E-state index in [9.17, 15) is 4.79 Å². The van der Waals surface area contributed by atoms with Gasteiger partial charge < -0.3 is 18.7 Å². The third-order valence-corrected chi connectivity index (χ3v) is 8.07. The molecule has 3 saturated heterocycles. The van der Waals surface area contributed by atoms with E-state index in [1.807, 2.05) is 60.7 Å². The number of carbonyl (C=O) groups excluding carboxylic acids is 1. The molecule has 3 fully saturated rings. The molecule has 0 radical (unpaired) electrons. The van der Waals surface area contributed by atoms with Crippen LogP contribution in [0.25, 0.3) is 0 Å². The summed E-state index contributed by atoms with van der Waals surface area (Å²) in [6, 6.07) is 20.6. The third-order valence-electron chi connectivity index (χ3n) is 8.07. The van der Waals surface area contributed by atoms with Gasteiger partial charge in [-0.15, -0.1) is 0 Å². The molecule has 2 bridgehead atoms. The van der Waals surface area contributed by atoms with Gasteiger partial charge in [-0.2, -0.15) is 0 Å². The molecular formula is C27H34NO4+. The summed E-state index contributed by atoms with van der Waals surface area (Å²) in [7, 11) is 1.57. The first-order chi connectivity index (χ1) is 15.7. The summed E-state index contributed by atoms with van der Waals surface area (Å²) < 4.78 is 19.1. The first-order valence-electron chi connectivity index (χ1n) is 12.0. The number of carbonyl (C=O) groups is 1. The van der Waals surface area contributed by atoms with Crippen LogP contribution in [-0.2, 0) is 24.6 Å². The largest absolute Gasteiger partial charge is 0.459 e. The molecule has 2 aromatic carbocycles. The molecule has 3 aliphatic rings. The summed E-state index contributed by atoms with van der Waals surface area (Å²) >= 11 is 0. The predicted molar refractivity (Wildman–Crippen MR) is 122 cm³/mol. The van der Waals surface area contributed by atoms with Gasteiger partial charge in [0.05, 0.1) is 25.2 Å². The van der Waals surface area contributed by atoms with Crippen LogP contribution in [0.5, 0.6) is 0 Å². The van der Waals surface area contributed by atoms with Crippen molar-refractivity contribution in [3.63, 3.8) is 0 Å². The van der Waals surface area contributed by atoms with Gasteiger partial charge in [0, 0.05) is 45.6 Å². The molecule has 3 heterocycles. The number of hydrogen-bond acceptors (Lipinski definition) is 4. The van der Waals surface area contributed by atoms with E-state index in [1.54, 1.807) is 7.11 Å². The number of benzene rings is 2. The minimum Gasteiger partial charge on any atom is -0.459 e. The zero-order chi connectivity index (χ0) is 22.0. The Morgan fingerprint density at radius 2 is 1.44 bits per heavy atom. The maximum Gasteiger partial charge on any atom is 0.348 e. The fourth-order valence-electron chi connectivity index (χ4n) is 6.66. The standard InChI is InChI=1S/C27H34NO4/c1-30-20-31-27(21-10-4-2-5-11-21,22-12-6-3-7-13-22)26(29)32-25-18-23-14-15-24(19-25)28(23)16-8-9-17-28/h2-7,10-13,23-25H,8-9,14-20H2,1H3/q+1. The smallest absolute Gasteiger partial charge is 0.348 e. The lowest BCUT2D eigenvalue weighted by Gasteiger charge is -2.47. The molecule has 2 unspecified atom stereocenters. The van der Waals surface area contributed by atoms with E-state index >= 15 is 0 Å². The van der Waals surface area contributed by atoms with Gasteiger partial charge in [-0.25, -0.2) is 4.79 Å². The third kappa shape index (κ3) is 3.57. The fraction of sp³-hybridized carbons (Fsp3) is 0.519. The van der Waals surface area contributed by atoms with Gasteiger partial charge in [0.15, 0.2) is 0 Å². The molecule has 0 aliphatic carbocycles. The van der Waals surface area contributed by atoms with Crippen molar-refractivity contribution in [2.24, 2.45) is 0 Å². The Bertz CT molecular complexity index is 854. The number of piperidine rings is 1. The van der Waals surface area contributed by atoms with Crippen LogP contribution in [0, 0.1) is 0 Å². The minimum atomic E-state index is -1.35. The molecule has 0 saturated carbocycles. The lowest BCUT2D eigenvalue weighted by molar-refractivity contribution is -0.956. The molecule has 2 aromatic rings. The van der Waals surface area contributed by atoms with Crippen LogP contribution in [0.1, 0.15) is 49.7 Å². The van der Waals surface area contributed by atoms with Crippen molar-refractivity contribution in [1.82, 2.24) is 0 Å². The molecule has 2 atom stereocenters. The highest BCUT2D eigenvalue weighted by Crippen LogP contribution is 2.47. The number of ether oxygens (including phenoxy) is 3. The first-order valence-corrected chi connectivity index (χ1v) is 12.0. The zero-order valence-corrected chi connectivity index (χ0v) is 18.9. The van der Waals surface area contributed by atoms with Crippen molar-refractivity contribution in [3.05, 3.63) is 71.8 Å². The molecule has 1 spiro atoms. The summed E-state index contributed by atoms with van der Waals surface area (Å²) in [4.78, 5) is 14.0. The Morgan fingerprint density at radius 1 is 0.906 bits per heavy atom. The van der Waals surface area contributed by atoms with Crippen LogP contribution in [-0.4, -0.2) is 55.6 Å². The van der Waals surface area contributed by atoms with E-state index in [4.69, 9.17) is 14.2 Å². The van der Waals surface area contributed by atoms with Crippen LogP contribution in [0.2, 0.25) is 0 Å². The van der Waals surface area contributed by atoms with Crippen molar-refractivity contribution in [2.75, 3.05) is 27.0 Å². The Labute approximate surface area is 190 Å². The molecule has 32 heavy (non-hydrogen) atoms. The highest BCUT2D eigenvalue weighted by Gasteiger charge is 2.56. The normalized spacial score (nSPS) is 26.3. The highest BCUT2D eigenvalue weighted by atomic mass is 16.7. The Hall–Kier alpha value is -2.21. The number of nitrogens with zero attached hydrogens (tertiary/aromatic N) is 1. The fourth-order valence-corrected chi connectivity index (χ4v) is 6.66. The summed E-state index contributed by atoms with van der Waals surface area (Å²) in [5.74, 6) is -0.341. The lowest BCUT2D eigenvalue weighted by Crippen LogP contribution is -2.60. The van der Waals surface area contributed by atoms with E-state index < -0.39 is 5.60 Å². The van der Waals surface area contributed by atoms with Crippen molar-refractivity contribution < 1.29 is 23.5 Å². The molecule has 0 aromatic heterocycles. The van der Waals surface area contributed by atoms with Crippen LogP contribution < -0.4 is 0 Å². The average Bonchev–Trinajstić information content (AvgIpc) is 3.37. The number of methoxy groups -OCH3 is 1. The number of rotatable bonds is 7. The number of esters is 1. The van der Waals surface area contributed by atoms with Gasteiger partial charge in [0.1, 0.15) is 12.9 Å². The van der Waals surface area contributed by atoms with Crippen molar-refractivity contribution in [2.45, 2.75) is 62.3 Å². The molecule has 5 rings (SSSR count). The van der Waals surface area contributed by atoms with Gasteiger partial charge in [0.2, 0.25) is 5.60 Å². The molecule has 170 valence electrons. The zero-order valence-electron chi connectivity index (χ0n) is 18.9. The summed E-state index contributed by atoms with van der Waals surface area (Å²) in [5.41, 5.74) is 0.166. The Morgan fingerprint density at radius 3 is 1.94 bits per heavy atom. The SMILES string of the molecule is COCOC(C(=O)OC1CC2CCC(C1)[N+]21CCCC1)(c1ccccc1)c1ccccc1.